The highest BCUT2D eigenvalue weighted by Gasteiger charge is 2.31. The third-order valence-electron chi connectivity index (χ3n) is 3.59. The summed E-state index contributed by atoms with van der Waals surface area (Å²) in [6, 6.07) is 8.97. The molecule has 1 aromatic carbocycles. The Morgan fingerprint density at radius 2 is 2.14 bits per heavy atom. The second-order valence-corrected chi connectivity index (χ2v) is 6.44. The Hall–Kier alpha value is -1.53. The number of thioether (sulfide) groups is 1. The maximum absolute atomic E-state index is 12.0. The summed E-state index contributed by atoms with van der Waals surface area (Å²) >= 11 is 1.59. The highest BCUT2D eigenvalue weighted by Crippen LogP contribution is 2.19. The van der Waals surface area contributed by atoms with E-state index in [1.807, 2.05) is 30.3 Å². The Bertz CT molecular complexity index is 488. The van der Waals surface area contributed by atoms with Crippen molar-refractivity contribution >= 4 is 23.6 Å². The van der Waals surface area contributed by atoms with E-state index < -0.39 is 12.0 Å². The van der Waals surface area contributed by atoms with Crippen LogP contribution in [0.15, 0.2) is 35.2 Å². The number of benzene rings is 1. The first-order chi connectivity index (χ1) is 10.7. The van der Waals surface area contributed by atoms with Gasteiger partial charge in [-0.25, -0.2) is 4.79 Å². The second-order valence-electron chi connectivity index (χ2n) is 5.27. The molecule has 2 rings (SSSR count). The molecule has 22 heavy (non-hydrogen) atoms. The molecule has 1 aliphatic rings. The van der Waals surface area contributed by atoms with Gasteiger partial charge in [0.25, 0.3) is 0 Å². The molecule has 1 saturated heterocycles. The Kier molecular flexibility index (Phi) is 6.74. The van der Waals surface area contributed by atoms with Gasteiger partial charge >= 0.3 is 5.97 Å². The normalized spacial score (nSPS) is 19.4. The molecule has 120 valence electrons. The number of amides is 1. The fraction of sp³-hybridized carbons (Fsp3) is 0.500. The zero-order chi connectivity index (χ0) is 15.8. The van der Waals surface area contributed by atoms with E-state index >= 15 is 0 Å². The predicted molar refractivity (Wildman–Crippen MR) is 84.9 cm³/mol. The van der Waals surface area contributed by atoms with E-state index in [-0.39, 0.29) is 11.8 Å². The van der Waals surface area contributed by atoms with Gasteiger partial charge in [0.15, 0.2) is 0 Å². The molecule has 2 N–H and O–H groups in total. The molecule has 1 heterocycles. The van der Waals surface area contributed by atoms with Crippen LogP contribution in [0.25, 0.3) is 0 Å². The van der Waals surface area contributed by atoms with Crippen LogP contribution in [0.2, 0.25) is 0 Å². The standard InChI is InChI=1S/C16H21NO4S/c18-14(8-10-22-13-6-2-1-3-7-13)17-15(16(19)20)12-5-4-9-21-11-12/h1-3,6-7,12,15H,4-5,8-11H2,(H,17,18)(H,19,20). The quantitative estimate of drug-likeness (QED) is 0.752. The minimum absolute atomic E-state index is 0.142. The van der Waals surface area contributed by atoms with Crippen LogP contribution in [0, 0.1) is 5.92 Å². The van der Waals surface area contributed by atoms with Crippen molar-refractivity contribution in [3.05, 3.63) is 30.3 Å². The molecule has 1 aliphatic heterocycles. The highest BCUT2D eigenvalue weighted by atomic mass is 32.2. The van der Waals surface area contributed by atoms with Gasteiger partial charge in [-0.15, -0.1) is 11.8 Å². The fourth-order valence-electron chi connectivity index (χ4n) is 2.43. The first kappa shape index (κ1) is 16.8. The molecule has 0 radical (unpaired) electrons. The molecule has 1 fully saturated rings. The molecule has 0 aromatic heterocycles. The van der Waals surface area contributed by atoms with Crippen LogP contribution in [0.3, 0.4) is 0 Å². The average molecular weight is 323 g/mol. The molecule has 0 spiro atoms. The Morgan fingerprint density at radius 1 is 1.36 bits per heavy atom. The summed E-state index contributed by atoms with van der Waals surface area (Å²) in [6.07, 6.45) is 1.92. The van der Waals surface area contributed by atoms with Crippen molar-refractivity contribution in [2.24, 2.45) is 5.92 Å². The summed E-state index contributed by atoms with van der Waals surface area (Å²) in [4.78, 5) is 24.4. The number of carboxylic acids is 1. The summed E-state index contributed by atoms with van der Waals surface area (Å²) < 4.78 is 5.32. The largest absolute Gasteiger partial charge is 0.480 e. The SMILES string of the molecule is O=C(CCSc1ccccc1)NC(C(=O)O)C1CCCOC1. The molecule has 1 aromatic rings. The van der Waals surface area contributed by atoms with E-state index in [9.17, 15) is 14.7 Å². The number of aliphatic carboxylic acids is 1. The monoisotopic (exact) mass is 323 g/mol. The maximum atomic E-state index is 12.0. The maximum Gasteiger partial charge on any atom is 0.326 e. The van der Waals surface area contributed by atoms with Gasteiger partial charge < -0.3 is 15.2 Å². The van der Waals surface area contributed by atoms with Crippen molar-refractivity contribution in [2.75, 3.05) is 19.0 Å². The first-order valence-electron chi connectivity index (χ1n) is 7.44. The summed E-state index contributed by atoms with van der Waals surface area (Å²) in [7, 11) is 0. The smallest absolute Gasteiger partial charge is 0.326 e. The summed E-state index contributed by atoms with van der Waals surface area (Å²) in [5.41, 5.74) is 0. The van der Waals surface area contributed by atoms with E-state index in [2.05, 4.69) is 5.32 Å². The number of carboxylic acid groups (broad SMARTS) is 1. The highest BCUT2D eigenvalue weighted by molar-refractivity contribution is 7.99. The number of carbonyl (C=O) groups is 2. The molecule has 0 saturated carbocycles. The number of rotatable bonds is 7. The molecule has 0 aliphatic carbocycles. The van der Waals surface area contributed by atoms with E-state index in [1.54, 1.807) is 11.8 Å². The van der Waals surface area contributed by atoms with E-state index in [0.29, 0.717) is 25.4 Å². The Morgan fingerprint density at radius 3 is 2.77 bits per heavy atom. The number of ether oxygens (including phenoxy) is 1. The van der Waals surface area contributed by atoms with Gasteiger partial charge in [-0.3, -0.25) is 4.79 Å². The predicted octanol–water partition coefficient (Wildman–Crippen LogP) is 2.16. The van der Waals surface area contributed by atoms with Crippen molar-refractivity contribution in [2.45, 2.75) is 30.2 Å². The minimum Gasteiger partial charge on any atom is -0.480 e. The lowest BCUT2D eigenvalue weighted by Gasteiger charge is -2.28. The van der Waals surface area contributed by atoms with Crippen LogP contribution in [0.5, 0.6) is 0 Å². The lowest BCUT2D eigenvalue weighted by Crippen LogP contribution is -2.48. The van der Waals surface area contributed by atoms with Crippen LogP contribution in [0.1, 0.15) is 19.3 Å². The molecular formula is C16H21NO4S. The van der Waals surface area contributed by atoms with E-state index in [4.69, 9.17) is 4.74 Å². The van der Waals surface area contributed by atoms with Crippen molar-refractivity contribution in [1.29, 1.82) is 0 Å². The van der Waals surface area contributed by atoms with Crippen LogP contribution in [-0.4, -0.2) is 42.0 Å². The molecule has 6 heteroatoms. The van der Waals surface area contributed by atoms with Crippen molar-refractivity contribution in [3.8, 4) is 0 Å². The number of carbonyl (C=O) groups excluding carboxylic acids is 1. The van der Waals surface area contributed by atoms with Gasteiger partial charge in [0.1, 0.15) is 6.04 Å². The topological polar surface area (TPSA) is 75.6 Å². The molecule has 2 atom stereocenters. The zero-order valence-corrected chi connectivity index (χ0v) is 13.2. The summed E-state index contributed by atoms with van der Waals surface area (Å²) in [6.45, 7) is 1.07. The van der Waals surface area contributed by atoms with E-state index in [0.717, 1.165) is 17.7 Å². The third-order valence-corrected chi connectivity index (χ3v) is 4.60. The van der Waals surface area contributed by atoms with Crippen LogP contribution >= 0.6 is 11.8 Å². The Labute approximate surface area is 134 Å². The van der Waals surface area contributed by atoms with E-state index in [1.165, 1.54) is 0 Å². The van der Waals surface area contributed by atoms with Gasteiger partial charge in [-0.05, 0) is 25.0 Å². The van der Waals surface area contributed by atoms with Crippen molar-refractivity contribution in [1.82, 2.24) is 5.32 Å². The second kappa shape index (κ2) is 8.80. The number of hydrogen-bond acceptors (Lipinski definition) is 4. The van der Waals surface area contributed by atoms with Gasteiger partial charge in [0.05, 0.1) is 6.61 Å². The van der Waals surface area contributed by atoms with Crippen LogP contribution in [-0.2, 0) is 14.3 Å². The third kappa shape index (κ3) is 5.35. The first-order valence-corrected chi connectivity index (χ1v) is 8.43. The number of hydrogen-bond donors (Lipinski definition) is 2. The molecule has 2 unspecified atom stereocenters. The minimum atomic E-state index is -0.987. The summed E-state index contributed by atoms with van der Waals surface area (Å²) in [5.74, 6) is -0.721. The van der Waals surface area contributed by atoms with Gasteiger partial charge in [-0.1, -0.05) is 18.2 Å². The molecule has 0 bridgehead atoms. The lowest BCUT2D eigenvalue weighted by molar-refractivity contribution is -0.145. The van der Waals surface area contributed by atoms with Crippen molar-refractivity contribution in [3.63, 3.8) is 0 Å². The summed E-state index contributed by atoms with van der Waals surface area (Å²) in [5, 5.41) is 11.9. The van der Waals surface area contributed by atoms with Gasteiger partial charge in [0.2, 0.25) is 5.91 Å². The molecule has 5 nitrogen and oxygen atoms in total. The van der Waals surface area contributed by atoms with Crippen molar-refractivity contribution < 1.29 is 19.4 Å². The molecular weight excluding hydrogens is 302 g/mol. The Balaban J connectivity index is 1.77. The van der Waals surface area contributed by atoms with Gasteiger partial charge in [-0.2, -0.15) is 0 Å². The molecule has 1 amide bonds. The van der Waals surface area contributed by atoms with Gasteiger partial charge in [0, 0.05) is 29.6 Å². The average Bonchev–Trinajstić information content (AvgIpc) is 2.54. The lowest BCUT2D eigenvalue weighted by atomic mass is 9.93. The fourth-order valence-corrected chi connectivity index (χ4v) is 3.31. The van der Waals surface area contributed by atoms with Crippen LogP contribution < -0.4 is 5.32 Å². The zero-order valence-electron chi connectivity index (χ0n) is 12.4. The van der Waals surface area contributed by atoms with Crippen LogP contribution in [0.4, 0.5) is 0 Å². The number of nitrogens with one attached hydrogen (secondary N) is 1.